The van der Waals surface area contributed by atoms with Crippen molar-refractivity contribution in [3.63, 3.8) is 0 Å². The van der Waals surface area contributed by atoms with Gasteiger partial charge in [-0.05, 0) is 62.0 Å². The van der Waals surface area contributed by atoms with E-state index >= 15 is 0 Å². The molecule has 104 valence electrons. The largest absolute Gasteiger partial charge is 0.380 e. The molecule has 0 radical (unpaired) electrons. The summed E-state index contributed by atoms with van der Waals surface area (Å²) in [5, 5.41) is 0. The maximum absolute atomic E-state index is 5.16. The third-order valence-corrected chi connectivity index (χ3v) is 4.31. The Hall–Kier alpha value is -1.08. The molecule has 0 bridgehead atoms. The average Bonchev–Trinajstić information content (AvgIpc) is 2.47. The normalized spacial score (nSPS) is 23.9. The summed E-state index contributed by atoms with van der Waals surface area (Å²) in [7, 11) is 1.75. The quantitative estimate of drug-likeness (QED) is 0.670. The summed E-state index contributed by atoms with van der Waals surface area (Å²) in [6.07, 6.45) is 11.3. The van der Waals surface area contributed by atoms with Crippen molar-refractivity contribution in [1.82, 2.24) is 0 Å². The van der Waals surface area contributed by atoms with Gasteiger partial charge in [-0.15, -0.1) is 0 Å². The number of benzene rings is 1. The van der Waals surface area contributed by atoms with Crippen LogP contribution in [0.2, 0.25) is 0 Å². The molecule has 0 aliphatic heterocycles. The molecule has 1 aromatic carbocycles. The minimum Gasteiger partial charge on any atom is -0.380 e. The number of hydrogen-bond acceptors (Lipinski definition) is 1. The van der Waals surface area contributed by atoms with Crippen LogP contribution in [0, 0.1) is 5.92 Å². The van der Waals surface area contributed by atoms with Crippen LogP contribution in [0.4, 0.5) is 0 Å². The second-order valence-corrected chi connectivity index (χ2v) is 5.70. The number of rotatable bonds is 5. The molecule has 0 heterocycles. The number of methoxy groups -OCH3 is 1. The zero-order valence-electron chi connectivity index (χ0n) is 12.3. The van der Waals surface area contributed by atoms with Gasteiger partial charge in [0, 0.05) is 7.11 Å². The van der Waals surface area contributed by atoms with Crippen molar-refractivity contribution < 1.29 is 4.74 Å². The first-order valence-electron chi connectivity index (χ1n) is 7.52. The summed E-state index contributed by atoms with van der Waals surface area (Å²) in [5.41, 5.74) is 2.79. The van der Waals surface area contributed by atoms with Gasteiger partial charge in [0.2, 0.25) is 0 Å². The molecule has 0 spiro atoms. The van der Waals surface area contributed by atoms with E-state index in [2.05, 4.69) is 43.3 Å². The Morgan fingerprint density at radius 2 is 1.79 bits per heavy atom. The van der Waals surface area contributed by atoms with E-state index in [1.165, 1.54) is 43.2 Å². The highest BCUT2D eigenvalue weighted by Gasteiger charge is 2.21. The second kappa shape index (κ2) is 7.49. The fourth-order valence-corrected chi connectivity index (χ4v) is 3.11. The minimum atomic E-state index is 0.719. The smallest absolute Gasteiger partial charge is 0.0713 e. The molecule has 1 nitrogen and oxygen atoms in total. The van der Waals surface area contributed by atoms with E-state index in [4.69, 9.17) is 4.74 Å². The topological polar surface area (TPSA) is 9.23 Å². The lowest BCUT2D eigenvalue weighted by Crippen LogP contribution is -2.12. The van der Waals surface area contributed by atoms with E-state index in [0.29, 0.717) is 0 Å². The van der Waals surface area contributed by atoms with Crippen LogP contribution in [0.25, 0.3) is 0 Å². The average molecular weight is 258 g/mol. The highest BCUT2D eigenvalue weighted by atomic mass is 16.5. The summed E-state index contributed by atoms with van der Waals surface area (Å²) in [6.45, 7) is 2.84. The minimum absolute atomic E-state index is 0.719. The van der Waals surface area contributed by atoms with Crippen molar-refractivity contribution in [1.29, 1.82) is 0 Å². The summed E-state index contributed by atoms with van der Waals surface area (Å²) in [5.74, 6) is 1.69. The molecule has 0 aromatic heterocycles. The van der Waals surface area contributed by atoms with Gasteiger partial charge in [0.05, 0.1) is 6.61 Å². The van der Waals surface area contributed by atoms with Crippen LogP contribution >= 0.6 is 0 Å². The molecule has 1 aromatic rings. The fraction of sp³-hybridized carbons (Fsp3) is 0.556. The zero-order valence-corrected chi connectivity index (χ0v) is 12.3. The van der Waals surface area contributed by atoms with Gasteiger partial charge < -0.3 is 4.74 Å². The van der Waals surface area contributed by atoms with Crippen molar-refractivity contribution in [3.05, 3.63) is 47.5 Å². The Morgan fingerprint density at radius 3 is 2.37 bits per heavy atom. The predicted octanol–water partition coefficient (Wildman–Crippen LogP) is 5.07. The monoisotopic (exact) mass is 258 g/mol. The first kappa shape index (κ1) is 14.3. The van der Waals surface area contributed by atoms with E-state index in [1.54, 1.807) is 7.11 Å². The van der Waals surface area contributed by atoms with E-state index < -0.39 is 0 Å². The maximum atomic E-state index is 5.16. The van der Waals surface area contributed by atoms with Gasteiger partial charge in [0.25, 0.3) is 0 Å². The van der Waals surface area contributed by atoms with E-state index in [0.717, 1.165) is 18.4 Å². The lowest BCUT2D eigenvalue weighted by atomic mass is 9.77. The van der Waals surface area contributed by atoms with Crippen LogP contribution in [0.1, 0.15) is 56.1 Å². The predicted molar refractivity (Wildman–Crippen MR) is 81.3 cm³/mol. The molecule has 0 amide bonds. The van der Waals surface area contributed by atoms with Crippen molar-refractivity contribution in [2.24, 2.45) is 5.92 Å². The molecule has 0 N–H and O–H groups in total. The molecule has 1 fully saturated rings. The third kappa shape index (κ3) is 4.21. The first-order chi connectivity index (χ1) is 9.33. The molecule has 0 saturated heterocycles. The van der Waals surface area contributed by atoms with E-state index in [1.807, 2.05) is 0 Å². The number of hydrogen-bond donors (Lipinski definition) is 0. The van der Waals surface area contributed by atoms with Crippen LogP contribution in [-0.2, 0) is 11.3 Å². The van der Waals surface area contributed by atoms with Crippen LogP contribution in [0.15, 0.2) is 36.4 Å². The molecular weight excluding hydrogens is 232 g/mol. The van der Waals surface area contributed by atoms with Crippen molar-refractivity contribution >= 4 is 0 Å². The lowest BCUT2D eigenvalue weighted by Gasteiger charge is -2.28. The highest BCUT2D eigenvalue weighted by molar-refractivity contribution is 5.25. The van der Waals surface area contributed by atoms with Gasteiger partial charge in [-0.2, -0.15) is 0 Å². The molecule has 2 rings (SSSR count). The molecule has 1 saturated carbocycles. The molecule has 19 heavy (non-hydrogen) atoms. The van der Waals surface area contributed by atoms with Crippen molar-refractivity contribution in [2.45, 2.75) is 51.6 Å². The molecule has 0 atom stereocenters. The standard InChI is InChI=1S/C18H26O/c1-3-4-5-15-6-10-17(11-7-15)18-12-8-16(9-13-18)14-19-2/h3-4,8-9,12-13,15,17H,5-7,10-11,14H2,1-2H3/b4-3+. The Balaban J connectivity index is 1.86. The Morgan fingerprint density at radius 1 is 1.11 bits per heavy atom. The van der Waals surface area contributed by atoms with Crippen LogP contribution in [-0.4, -0.2) is 7.11 Å². The summed E-state index contributed by atoms with van der Waals surface area (Å²) in [6, 6.07) is 9.02. The van der Waals surface area contributed by atoms with Gasteiger partial charge in [0.15, 0.2) is 0 Å². The fourth-order valence-electron chi connectivity index (χ4n) is 3.11. The second-order valence-electron chi connectivity index (χ2n) is 5.70. The molecule has 0 unspecified atom stereocenters. The van der Waals surface area contributed by atoms with Gasteiger partial charge in [-0.3, -0.25) is 0 Å². The van der Waals surface area contributed by atoms with Crippen molar-refractivity contribution in [2.75, 3.05) is 7.11 Å². The summed E-state index contributed by atoms with van der Waals surface area (Å²) < 4.78 is 5.16. The van der Waals surface area contributed by atoms with Crippen LogP contribution < -0.4 is 0 Å². The maximum Gasteiger partial charge on any atom is 0.0713 e. The van der Waals surface area contributed by atoms with E-state index in [9.17, 15) is 0 Å². The SMILES string of the molecule is C/C=C/CC1CCC(c2ccc(COC)cc2)CC1. The van der Waals surface area contributed by atoms with Crippen LogP contribution in [0.5, 0.6) is 0 Å². The third-order valence-electron chi connectivity index (χ3n) is 4.31. The Kier molecular flexibility index (Phi) is 5.65. The van der Waals surface area contributed by atoms with E-state index in [-0.39, 0.29) is 0 Å². The van der Waals surface area contributed by atoms with Gasteiger partial charge >= 0.3 is 0 Å². The molecule has 1 aliphatic carbocycles. The first-order valence-corrected chi connectivity index (χ1v) is 7.52. The molecular formula is C18H26O. The Labute approximate surface area is 117 Å². The lowest BCUT2D eigenvalue weighted by molar-refractivity contribution is 0.185. The summed E-state index contributed by atoms with van der Waals surface area (Å²) in [4.78, 5) is 0. The molecule has 1 heteroatoms. The van der Waals surface area contributed by atoms with Gasteiger partial charge in [-0.25, -0.2) is 0 Å². The number of ether oxygens (including phenoxy) is 1. The zero-order chi connectivity index (χ0) is 13.5. The van der Waals surface area contributed by atoms with Gasteiger partial charge in [-0.1, -0.05) is 36.4 Å². The van der Waals surface area contributed by atoms with Crippen LogP contribution in [0.3, 0.4) is 0 Å². The Bertz CT molecular complexity index is 383. The number of allylic oxidation sites excluding steroid dienone is 2. The van der Waals surface area contributed by atoms with Crippen molar-refractivity contribution in [3.8, 4) is 0 Å². The highest BCUT2D eigenvalue weighted by Crippen LogP contribution is 2.37. The molecule has 1 aliphatic rings. The summed E-state index contributed by atoms with van der Waals surface area (Å²) >= 11 is 0. The van der Waals surface area contributed by atoms with Gasteiger partial charge in [0.1, 0.15) is 0 Å².